The molecule has 7 nitrogen and oxygen atoms in total. The van der Waals surface area contributed by atoms with E-state index in [9.17, 15) is 4.79 Å². The number of Topliss-reactive ketones (excluding diaryl/α,β-unsaturated/α-hetero) is 1. The molecular formula is C21H21N5O2S. The van der Waals surface area contributed by atoms with Gasteiger partial charge in [-0.2, -0.15) is 4.68 Å². The van der Waals surface area contributed by atoms with Crippen molar-refractivity contribution in [1.29, 1.82) is 0 Å². The van der Waals surface area contributed by atoms with E-state index >= 15 is 0 Å². The molecular weight excluding hydrogens is 386 g/mol. The fourth-order valence-corrected chi connectivity index (χ4v) is 3.98. The summed E-state index contributed by atoms with van der Waals surface area (Å²) in [6.07, 6.45) is 1.66. The van der Waals surface area contributed by atoms with Crippen LogP contribution in [0.1, 0.15) is 33.1 Å². The number of nitrogens with zero attached hydrogens (tertiary/aromatic N) is 5. The minimum absolute atomic E-state index is 0.0484. The van der Waals surface area contributed by atoms with Gasteiger partial charge in [-0.1, -0.05) is 29.5 Å². The van der Waals surface area contributed by atoms with Crippen LogP contribution in [0.2, 0.25) is 0 Å². The van der Waals surface area contributed by atoms with E-state index < -0.39 is 0 Å². The molecule has 0 N–H and O–H groups in total. The summed E-state index contributed by atoms with van der Waals surface area (Å²) >= 11 is 1.33. The highest BCUT2D eigenvalue weighted by atomic mass is 32.2. The zero-order chi connectivity index (χ0) is 20.4. The molecule has 8 heteroatoms. The fraction of sp³-hybridized carbons (Fsp3) is 0.238. The zero-order valence-electron chi connectivity index (χ0n) is 16.5. The maximum atomic E-state index is 12.9. The molecule has 3 heterocycles. The number of carbonyl (C=O) groups is 1. The van der Waals surface area contributed by atoms with Gasteiger partial charge in [0.2, 0.25) is 5.16 Å². The summed E-state index contributed by atoms with van der Waals surface area (Å²) in [6, 6.07) is 13.7. The predicted octanol–water partition coefficient (Wildman–Crippen LogP) is 4.01. The van der Waals surface area contributed by atoms with E-state index in [2.05, 4.69) is 20.1 Å². The lowest BCUT2D eigenvalue weighted by atomic mass is 10.2. The second kappa shape index (κ2) is 8.08. The largest absolute Gasteiger partial charge is 0.467 e. The lowest BCUT2D eigenvalue weighted by molar-refractivity contribution is 0.102. The monoisotopic (exact) mass is 407 g/mol. The van der Waals surface area contributed by atoms with Crippen LogP contribution >= 0.6 is 11.8 Å². The first-order valence-electron chi connectivity index (χ1n) is 9.23. The Hall–Kier alpha value is -3.13. The molecule has 0 saturated carbocycles. The minimum Gasteiger partial charge on any atom is -0.467 e. The molecule has 0 atom stereocenters. The molecule has 0 aliphatic carbocycles. The number of furan rings is 1. The lowest BCUT2D eigenvalue weighted by Crippen LogP contribution is -2.08. The molecule has 4 rings (SSSR count). The van der Waals surface area contributed by atoms with Crippen molar-refractivity contribution in [3.05, 3.63) is 77.0 Å². The van der Waals surface area contributed by atoms with Crippen LogP contribution in [0.25, 0.3) is 5.69 Å². The Kier molecular flexibility index (Phi) is 5.35. The summed E-state index contributed by atoms with van der Waals surface area (Å²) in [6.45, 7) is 6.60. The quantitative estimate of drug-likeness (QED) is 0.340. The molecule has 0 saturated heterocycles. The van der Waals surface area contributed by atoms with E-state index in [1.165, 1.54) is 11.8 Å². The number of rotatable bonds is 7. The molecule has 0 radical (unpaired) electrons. The number of thioether (sulfide) groups is 1. The van der Waals surface area contributed by atoms with Gasteiger partial charge in [0.25, 0.3) is 0 Å². The molecule has 0 spiro atoms. The highest BCUT2D eigenvalue weighted by molar-refractivity contribution is 7.99. The van der Waals surface area contributed by atoms with Crippen LogP contribution in [0.4, 0.5) is 0 Å². The van der Waals surface area contributed by atoms with Gasteiger partial charge in [-0.25, -0.2) is 0 Å². The number of aryl methyl sites for hydroxylation is 2. The number of carbonyl (C=O) groups excluding carboxylic acids is 1. The van der Waals surface area contributed by atoms with Crippen molar-refractivity contribution in [2.45, 2.75) is 32.5 Å². The van der Waals surface area contributed by atoms with Crippen molar-refractivity contribution in [2.75, 3.05) is 5.75 Å². The highest BCUT2D eigenvalue weighted by Crippen LogP contribution is 2.23. The Morgan fingerprint density at radius 2 is 1.93 bits per heavy atom. The maximum absolute atomic E-state index is 12.9. The Bertz CT molecular complexity index is 1130. The van der Waals surface area contributed by atoms with Gasteiger partial charge in [0.1, 0.15) is 5.76 Å². The lowest BCUT2D eigenvalue weighted by Gasteiger charge is -2.08. The molecule has 29 heavy (non-hydrogen) atoms. The number of ketones is 1. The molecule has 4 aromatic rings. The number of hydrogen-bond donors (Lipinski definition) is 0. The molecule has 0 aliphatic rings. The Balaban J connectivity index is 1.49. The van der Waals surface area contributed by atoms with Gasteiger partial charge in [0.15, 0.2) is 5.78 Å². The van der Waals surface area contributed by atoms with Crippen LogP contribution in [0, 0.1) is 20.8 Å². The van der Waals surface area contributed by atoms with Crippen LogP contribution in [0.15, 0.2) is 58.3 Å². The van der Waals surface area contributed by atoms with Gasteiger partial charge in [0, 0.05) is 17.0 Å². The normalized spacial score (nSPS) is 11.1. The van der Waals surface area contributed by atoms with E-state index in [-0.39, 0.29) is 11.5 Å². The van der Waals surface area contributed by atoms with Gasteiger partial charge in [-0.3, -0.25) is 4.79 Å². The van der Waals surface area contributed by atoms with Crippen LogP contribution in [-0.4, -0.2) is 36.3 Å². The second-order valence-electron chi connectivity index (χ2n) is 6.87. The highest BCUT2D eigenvalue weighted by Gasteiger charge is 2.18. The molecule has 0 unspecified atom stereocenters. The predicted molar refractivity (Wildman–Crippen MR) is 111 cm³/mol. The average Bonchev–Trinajstić information content (AvgIpc) is 3.45. The van der Waals surface area contributed by atoms with Crippen molar-refractivity contribution >= 4 is 17.5 Å². The Morgan fingerprint density at radius 3 is 2.66 bits per heavy atom. The van der Waals surface area contributed by atoms with Crippen LogP contribution < -0.4 is 0 Å². The SMILES string of the molecule is Cc1ccc(-n2nnnc2SCC(=O)c2cc(C)n(Cc3ccco3)c2C)cc1. The van der Waals surface area contributed by atoms with Crippen molar-refractivity contribution in [3.8, 4) is 5.69 Å². The topological polar surface area (TPSA) is 78.7 Å². The fourth-order valence-electron chi connectivity index (χ4n) is 3.21. The molecule has 0 fully saturated rings. The summed E-state index contributed by atoms with van der Waals surface area (Å²) in [5.74, 6) is 1.17. The third kappa shape index (κ3) is 4.02. The van der Waals surface area contributed by atoms with Gasteiger partial charge in [-0.15, -0.1) is 5.10 Å². The first-order chi connectivity index (χ1) is 14.0. The van der Waals surface area contributed by atoms with Gasteiger partial charge in [0.05, 0.1) is 24.2 Å². The minimum atomic E-state index is 0.0484. The van der Waals surface area contributed by atoms with Crippen molar-refractivity contribution < 1.29 is 9.21 Å². The third-order valence-corrected chi connectivity index (χ3v) is 5.74. The maximum Gasteiger partial charge on any atom is 0.214 e. The molecule has 0 bridgehead atoms. The summed E-state index contributed by atoms with van der Waals surface area (Å²) in [4.78, 5) is 12.9. The van der Waals surface area contributed by atoms with Crippen LogP contribution in [-0.2, 0) is 6.54 Å². The van der Waals surface area contributed by atoms with E-state index in [1.807, 2.05) is 63.2 Å². The molecule has 148 valence electrons. The molecule has 0 amide bonds. The molecule has 3 aromatic heterocycles. The number of aromatic nitrogens is 5. The first kappa shape index (κ1) is 19.2. The summed E-state index contributed by atoms with van der Waals surface area (Å²) in [7, 11) is 0. The van der Waals surface area contributed by atoms with Gasteiger partial charge < -0.3 is 8.98 Å². The van der Waals surface area contributed by atoms with Crippen molar-refractivity contribution in [2.24, 2.45) is 0 Å². The standard InChI is InChI=1S/C21H21N5O2S/c1-14-6-8-17(9-7-14)26-21(22-23-24-26)29-13-20(27)19-11-15(2)25(16(19)3)12-18-5-4-10-28-18/h4-11H,12-13H2,1-3H3. The van der Waals surface area contributed by atoms with E-state index in [0.29, 0.717) is 11.7 Å². The second-order valence-corrected chi connectivity index (χ2v) is 7.81. The van der Waals surface area contributed by atoms with Crippen molar-refractivity contribution in [1.82, 2.24) is 24.8 Å². The zero-order valence-corrected chi connectivity index (χ0v) is 17.3. The molecule has 0 aliphatic heterocycles. The van der Waals surface area contributed by atoms with Gasteiger partial charge in [-0.05, 0) is 61.5 Å². The number of benzene rings is 1. The number of tetrazole rings is 1. The first-order valence-corrected chi connectivity index (χ1v) is 10.2. The van der Waals surface area contributed by atoms with E-state index in [0.717, 1.165) is 34.0 Å². The molecule has 1 aromatic carbocycles. The van der Waals surface area contributed by atoms with E-state index in [1.54, 1.807) is 10.9 Å². The van der Waals surface area contributed by atoms with Gasteiger partial charge >= 0.3 is 0 Å². The van der Waals surface area contributed by atoms with Crippen LogP contribution in [0.5, 0.6) is 0 Å². The Morgan fingerprint density at radius 1 is 1.14 bits per heavy atom. The number of hydrogen-bond acceptors (Lipinski definition) is 6. The average molecular weight is 407 g/mol. The van der Waals surface area contributed by atoms with Crippen molar-refractivity contribution in [3.63, 3.8) is 0 Å². The summed E-state index contributed by atoms with van der Waals surface area (Å²) in [5, 5.41) is 12.5. The Labute approximate surface area is 172 Å². The van der Waals surface area contributed by atoms with Crippen LogP contribution in [0.3, 0.4) is 0 Å². The third-order valence-electron chi connectivity index (χ3n) is 4.82. The summed E-state index contributed by atoms with van der Waals surface area (Å²) < 4.78 is 9.18. The smallest absolute Gasteiger partial charge is 0.214 e. The summed E-state index contributed by atoms with van der Waals surface area (Å²) in [5.41, 5.74) is 4.71. The van der Waals surface area contributed by atoms with E-state index in [4.69, 9.17) is 4.42 Å².